The van der Waals surface area contributed by atoms with Gasteiger partial charge in [0.15, 0.2) is 0 Å². The molecule has 0 amide bonds. The van der Waals surface area contributed by atoms with Gasteiger partial charge in [-0.15, -0.1) is 0 Å². The summed E-state index contributed by atoms with van der Waals surface area (Å²) in [5, 5.41) is 3.04. The SMILES string of the molecule is Cc1ccc(S(=O)(=O)N(C)C2CCNC2)cc1C(F)(F)F. The molecule has 1 aromatic carbocycles. The molecule has 0 bridgehead atoms. The highest BCUT2D eigenvalue weighted by Gasteiger charge is 2.35. The molecule has 0 spiro atoms. The molecule has 1 N–H and O–H groups in total. The van der Waals surface area contributed by atoms with Gasteiger partial charge in [-0.1, -0.05) is 6.07 Å². The Morgan fingerprint density at radius 1 is 1.33 bits per heavy atom. The molecule has 0 aliphatic carbocycles. The number of aryl methyl sites for hydroxylation is 1. The molecule has 8 heteroatoms. The summed E-state index contributed by atoms with van der Waals surface area (Å²) in [6.45, 7) is 2.52. The Balaban J connectivity index is 2.41. The van der Waals surface area contributed by atoms with Gasteiger partial charge in [-0.3, -0.25) is 0 Å². The number of hydrogen-bond donors (Lipinski definition) is 1. The topological polar surface area (TPSA) is 49.4 Å². The van der Waals surface area contributed by atoms with E-state index in [2.05, 4.69) is 5.32 Å². The standard InChI is InChI=1S/C13H17F3N2O2S/c1-9-3-4-11(7-12(9)13(14,15)16)21(19,20)18(2)10-5-6-17-8-10/h3-4,7,10,17H,5-6,8H2,1-2H3. The monoisotopic (exact) mass is 322 g/mol. The van der Waals surface area contributed by atoms with Crippen molar-refractivity contribution in [1.82, 2.24) is 9.62 Å². The summed E-state index contributed by atoms with van der Waals surface area (Å²) in [6.07, 6.45) is -3.92. The second kappa shape index (κ2) is 5.58. The van der Waals surface area contributed by atoms with Crippen LogP contribution in [0.2, 0.25) is 0 Å². The summed E-state index contributed by atoms with van der Waals surface area (Å²) in [7, 11) is -2.53. The number of nitrogens with zero attached hydrogens (tertiary/aromatic N) is 1. The van der Waals surface area contributed by atoms with Crippen molar-refractivity contribution >= 4 is 10.0 Å². The van der Waals surface area contributed by atoms with Crippen molar-refractivity contribution in [3.8, 4) is 0 Å². The van der Waals surface area contributed by atoms with E-state index < -0.39 is 21.8 Å². The lowest BCUT2D eigenvalue weighted by Crippen LogP contribution is -2.38. The Kier molecular flexibility index (Phi) is 4.32. The fourth-order valence-electron chi connectivity index (χ4n) is 2.38. The van der Waals surface area contributed by atoms with Crippen LogP contribution in [0, 0.1) is 6.92 Å². The maximum Gasteiger partial charge on any atom is 0.416 e. The van der Waals surface area contributed by atoms with Crippen LogP contribution < -0.4 is 5.32 Å². The number of rotatable bonds is 3. The maximum absolute atomic E-state index is 12.9. The molecule has 1 fully saturated rings. The quantitative estimate of drug-likeness (QED) is 0.926. The summed E-state index contributed by atoms with van der Waals surface area (Å²) < 4.78 is 64.7. The predicted octanol–water partition coefficient (Wildman–Crippen LogP) is 2.00. The van der Waals surface area contributed by atoms with Crippen molar-refractivity contribution < 1.29 is 21.6 Å². The fourth-order valence-corrected chi connectivity index (χ4v) is 3.79. The van der Waals surface area contributed by atoms with E-state index >= 15 is 0 Å². The van der Waals surface area contributed by atoms with Gasteiger partial charge in [-0.2, -0.15) is 17.5 Å². The van der Waals surface area contributed by atoms with E-state index in [1.165, 1.54) is 26.1 Å². The van der Waals surface area contributed by atoms with Gasteiger partial charge < -0.3 is 5.32 Å². The van der Waals surface area contributed by atoms with Crippen LogP contribution in [0.25, 0.3) is 0 Å². The zero-order valence-electron chi connectivity index (χ0n) is 11.7. The molecule has 1 saturated heterocycles. The van der Waals surface area contributed by atoms with Crippen molar-refractivity contribution in [3.05, 3.63) is 29.3 Å². The third-order valence-electron chi connectivity index (χ3n) is 3.74. The van der Waals surface area contributed by atoms with Gasteiger partial charge >= 0.3 is 6.18 Å². The Bertz CT molecular complexity index is 623. The van der Waals surface area contributed by atoms with E-state index in [-0.39, 0.29) is 16.5 Å². The van der Waals surface area contributed by atoms with Crippen LogP contribution >= 0.6 is 0 Å². The van der Waals surface area contributed by atoms with Crippen molar-refractivity contribution in [3.63, 3.8) is 0 Å². The minimum Gasteiger partial charge on any atom is -0.315 e. The van der Waals surface area contributed by atoms with E-state index in [1.54, 1.807) is 0 Å². The zero-order valence-corrected chi connectivity index (χ0v) is 12.6. The molecule has 21 heavy (non-hydrogen) atoms. The van der Waals surface area contributed by atoms with Crippen LogP contribution in [0.4, 0.5) is 13.2 Å². The van der Waals surface area contributed by atoms with Crippen LogP contribution in [0.15, 0.2) is 23.1 Å². The zero-order chi connectivity index (χ0) is 15.8. The average Bonchev–Trinajstić information content (AvgIpc) is 2.90. The van der Waals surface area contributed by atoms with Crippen LogP contribution in [0.3, 0.4) is 0 Å². The van der Waals surface area contributed by atoms with Gasteiger partial charge in [0.2, 0.25) is 10.0 Å². The number of alkyl halides is 3. The second-order valence-electron chi connectivity index (χ2n) is 5.14. The lowest BCUT2D eigenvalue weighted by Gasteiger charge is -2.23. The number of benzene rings is 1. The van der Waals surface area contributed by atoms with E-state index in [0.717, 1.165) is 4.31 Å². The number of halogens is 3. The number of sulfonamides is 1. The second-order valence-corrected chi connectivity index (χ2v) is 7.14. The minimum absolute atomic E-state index is 0.00614. The van der Waals surface area contributed by atoms with Gasteiger partial charge in [-0.25, -0.2) is 8.42 Å². The van der Waals surface area contributed by atoms with E-state index in [0.29, 0.717) is 25.6 Å². The normalized spacial score (nSPS) is 20.2. The molecule has 1 aromatic rings. The molecule has 1 aliphatic heterocycles. The van der Waals surface area contributed by atoms with E-state index in [9.17, 15) is 21.6 Å². The number of hydrogen-bond acceptors (Lipinski definition) is 3. The molecule has 0 aromatic heterocycles. The minimum atomic E-state index is -4.57. The third-order valence-corrected chi connectivity index (χ3v) is 5.65. The third kappa shape index (κ3) is 3.22. The first kappa shape index (κ1) is 16.3. The lowest BCUT2D eigenvalue weighted by molar-refractivity contribution is -0.138. The van der Waals surface area contributed by atoms with E-state index in [4.69, 9.17) is 0 Å². The van der Waals surface area contributed by atoms with Gasteiger partial charge in [0.05, 0.1) is 10.5 Å². The smallest absolute Gasteiger partial charge is 0.315 e. The van der Waals surface area contributed by atoms with Crippen molar-refractivity contribution in [2.24, 2.45) is 0 Å². The molecule has 118 valence electrons. The van der Waals surface area contributed by atoms with Crippen molar-refractivity contribution in [2.75, 3.05) is 20.1 Å². The molecule has 1 heterocycles. The van der Waals surface area contributed by atoms with Gasteiger partial charge in [0.1, 0.15) is 0 Å². The highest BCUT2D eigenvalue weighted by atomic mass is 32.2. The molecule has 0 saturated carbocycles. The Morgan fingerprint density at radius 3 is 2.52 bits per heavy atom. The lowest BCUT2D eigenvalue weighted by atomic mass is 10.1. The molecular formula is C13H17F3N2O2S. The van der Waals surface area contributed by atoms with Crippen LogP contribution in [0.1, 0.15) is 17.5 Å². The summed E-state index contributed by atoms with van der Waals surface area (Å²) in [6, 6.07) is 2.89. The summed E-state index contributed by atoms with van der Waals surface area (Å²) in [5.41, 5.74) is -0.909. The average molecular weight is 322 g/mol. The number of nitrogens with one attached hydrogen (secondary N) is 1. The van der Waals surface area contributed by atoms with Crippen LogP contribution in [0.5, 0.6) is 0 Å². The molecule has 0 radical (unpaired) electrons. The van der Waals surface area contributed by atoms with Crippen LogP contribution in [-0.4, -0.2) is 38.9 Å². The Hall–Kier alpha value is -1.12. The molecule has 1 aliphatic rings. The number of likely N-dealkylation sites (N-methyl/N-ethyl adjacent to an activating group) is 1. The van der Waals surface area contributed by atoms with Crippen molar-refractivity contribution in [2.45, 2.75) is 30.5 Å². The van der Waals surface area contributed by atoms with Crippen LogP contribution in [-0.2, 0) is 16.2 Å². The highest BCUT2D eigenvalue weighted by Crippen LogP contribution is 2.34. The summed E-state index contributed by atoms with van der Waals surface area (Å²) >= 11 is 0. The molecule has 1 unspecified atom stereocenters. The first-order valence-electron chi connectivity index (χ1n) is 6.50. The first-order valence-corrected chi connectivity index (χ1v) is 7.94. The van der Waals surface area contributed by atoms with Gasteiger partial charge in [0.25, 0.3) is 0 Å². The Labute approximate surface area is 122 Å². The summed E-state index contributed by atoms with van der Waals surface area (Å²) in [4.78, 5) is -0.324. The molecule has 2 rings (SSSR count). The Morgan fingerprint density at radius 2 is 2.00 bits per heavy atom. The largest absolute Gasteiger partial charge is 0.416 e. The predicted molar refractivity (Wildman–Crippen MR) is 72.4 cm³/mol. The first-order chi connectivity index (χ1) is 9.64. The van der Waals surface area contributed by atoms with Gasteiger partial charge in [0, 0.05) is 19.6 Å². The summed E-state index contributed by atoms with van der Waals surface area (Å²) in [5.74, 6) is 0. The molecule has 1 atom stereocenters. The molecule has 4 nitrogen and oxygen atoms in total. The highest BCUT2D eigenvalue weighted by molar-refractivity contribution is 7.89. The van der Waals surface area contributed by atoms with Crippen molar-refractivity contribution in [1.29, 1.82) is 0 Å². The molecular weight excluding hydrogens is 305 g/mol. The maximum atomic E-state index is 12.9. The van der Waals surface area contributed by atoms with Gasteiger partial charge in [-0.05, 0) is 37.6 Å². The fraction of sp³-hybridized carbons (Fsp3) is 0.538. The van der Waals surface area contributed by atoms with E-state index in [1.807, 2.05) is 0 Å².